The van der Waals surface area contributed by atoms with Gasteiger partial charge < -0.3 is 15.5 Å². The molecule has 21 heavy (non-hydrogen) atoms. The second-order valence-corrected chi connectivity index (χ2v) is 5.42. The van der Waals surface area contributed by atoms with Crippen molar-refractivity contribution in [1.29, 1.82) is 0 Å². The van der Waals surface area contributed by atoms with E-state index in [1.807, 2.05) is 6.92 Å². The fourth-order valence-electron chi connectivity index (χ4n) is 2.64. The normalized spacial score (nSPS) is 22.1. The van der Waals surface area contributed by atoms with Gasteiger partial charge in [0.1, 0.15) is 6.54 Å². The molecule has 0 radical (unpaired) electrons. The predicted molar refractivity (Wildman–Crippen MR) is 71.6 cm³/mol. The summed E-state index contributed by atoms with van der Waals surface area (Å²) in [5, 5.41) is 4.94. The van der Waals surface area contributed by atoms with Crippen LogP contribution >= 0.6 is 0 Å². The lowest BCUT2D eigenvalue weighted by Gasteiger charge is -2.32. The Balaban J connectivity index is 2.55. The van der Waals surface area contributed by atoms with E-state index in [0.717, 1.165) is 19.4 Å². The Morgan fingerprint density at radius 3 is 2.52 bits per heavy atom. The van der Waals surface area contributed by atoms with E-state index < -0.39 is 24.2 Å². The summed E-state index contributed by atoms with van der Waals surface area (Å²) in [6, 6.07) is 0. The van der Waals surface area contributed by atoms with E-state index in [1.165, 1.54) is 11.9 Å². The van der Waals surface area contributed by atoms with Crippen molar-refractivity contribution in [1.82, 2.24) is 15.5 Å². The molecule has 1 saturated heterocycles. The lowest BCUT2D eigenvalue weighted by Crippen LogP contribution is -2.55. The average Bonchev–Trinajstić information content (AvgIpc) is 2.85. The van der Waals surface area contributed by atoms with Crippen LogP contribution in [-0.4, -0.2) is 55.1 Å². The van der Waals surface area contributed by atoms with Gasteiger partial charge in [-0.25, -0.2) is 0 Å². The maximum atomic E-state index is 12.5. The van der Waals surface area contributed by atoms with E-state index in [9.17, 15) is 22.8 Å². The van der Waals surface area contributed by atoms with Crippen LogP contribution in [0.25, 0.3) is 0 Å². The zero-order valence-electron chi connectivity index (χ0n) is 12.3. The molecular formula is C13H22F3N3O2. The molecule has 1 unspecified atom stereocenters. The first-order valence-corrected chi connectivity index (χ1v) is 7.04. The predicted octanol–water partition coefficient (Wildman–Crippen LogP) is 1.05. The van der Waals surface area contributed by atoms with Gasteiger partial charge in [-0.2, -0.15) is 13.2 Å². The minimum Gasteiger partial charge on any atom is -0.345 e. The first-order valence-electron chi connectivity index (χ1n) is 7.04. The Kier molecular flexibility index (Phi) is 6.00. The van der Waals surface area contributed by atoms with E-state index in [4.69, 9.17) is 0 Å². The fourth-order valence-corrected chi connectivity index (χ4v) is 2.64. The van der Waals surface area contributed by atoms with Crippen LogP contribution in [0, 0.1) is 0 Å². The van der Waals surface area contributed by atoms with Crippen molar-refractivity contribution in [3.63, 3.8) is 0 Å². The minimum absolute atomic E-state index is 0.232. The van der Waals surface area contributed by atoms with Crippen LogP contribution in [0.3, 0.4) is 0 Å². The number of nitrogens with one attached hydrogen (secondary N) is 2. The van der Waals surface area contributed by atoms with Crippen LogP contribution in [0.1, 0.15) is 32.6 Å². The summed E-state index contributed by atoms with van der Waals surface area (Å²) in [6.45, 7) is 0.944. The maximum Gasteiger partial charge on any atom is 0.405 e. The molecule has 0 spiro atoms. The third kappa shape index (κ3) is 5.18. The number of nitrogens with zero attached hydrogens (tertiary/aromatic N) is 1. The van der Waals surface area contributed by atoms with Crippen molar-refractivity contribution >= 4 is 11.8 Å². The lowest BCUT2D eigenvalue weighted by atomic mass is 9.90. The number of alkyl halides is 3. The molecule has 0 aliphatic carbocycles. The molecule has 8 heteroatoms. The van der Waals surface area contributed by atoms with Crippen molar-refractivity contribution in [3.8, 4) is 0 Å². The number of amides is 2. The van der Waals surface area contributed by atoms with Crippen molar-refractivity contribution < 1.29 is 22.8 Å². The Morgan fingerprint density at radius 2 is 2.05 bits per heavy atom. The zero-order valence-corrected chi connectivity index (χ0v) is 12.3. The standard InChI is InChI=1S/C13H22F3N3O2/c1-3-5-12(6-4-7-18-12)11(21)19(2)8-10(20)17-9-13(14,15)16/h18H,3-9H2,1-2H3,(H,17,20). The Hall–Kier alpha value is -1.31. The highest BCUT2D eigenvalue weighted by Gasteiger charge is 2.42. The summed E-state index contributed by atoms with van der Waals surface area (Å²) in [7, 11) is 1.44. The largest absolute Gasteiger partial charge is 0.405 e. The first kappa shape index (κ1) is 17.7. The molecule has 0 aromatic heterocycles. The molecule has 122 valence electrons. The zero-order chi connectivity index (χ0) is 16.1. The topological polar surface area (TPSA) is 61.4 Å². The molecule has 2 amide bonds. The van der Waals surface area contributed by atoms with Crippen LogP contribution in [0.2, 0.25) is 0 Å². The van der Waals surface area contributed by atoms with Gasteiger partial charge in [-0.1, -0.05) is 13.3 Å². The summed E-state index contributed by atoms with van der Waals surface area (Å²) < 4.78 is 36.0. The average molecular weight is 309 g/mol. The first-order chi connectivity index (χ1) is 9.70. The van der Waals surface area contributed by atoms with Crippen LogP contribution in [-0.2, 0) is 9.59 Å². The fraction of sp³-hybridized carbons (Fsp3) is 0.846. The summed E-state index contributed by atoms with van der Waals surface area (Å²) >= 11 is 0. The van der Waals surface area contributed by atoms with Gasteiger partial charge in [0.25, 0.3) is 0 Å². The Bertz CT molecular complexity index is 379. The number of carbonyl (C=O) groups excluding carboxylic acids is 2. The molecular weight excluding hydrogens is 287 g/mol. The van der Waals surface area contributed by atoms with Crippen LogP contribution in [0.5, 0.6) is 0 Å². The molecule has 1 aliphatic heterocycles. The molecule has 0 aromatic rings. The van der Waals surface area contributed by atoms with Crippen molar-refractivity contribution in [2.45, 2.75) is 44.3 Å². The lowest BCUT2D eigenvalue weighted by molar-refractivity contribution is -0.144. The van der Waals surface area contributed by atoms with E-state index in [2.05, 4.69) is 5.32 Å². The summed E-state index contributed by atoms with van der Waals surface area (Å²) in [4.78, 5) is 25.1. The van der Waals surface area contributed by atoms with Gasteiger partial charge in [0, 0.05) is 7.05 Å². The molecule has 1 atom stereocenters. The highest BCUT2D eigenvalue weighted by atomic mass is 19.4. The number of hydrogen-bond donors (Lipinski definition) is 2. The van der Waals surface area contributed by atoms with Crippen molar-refractivity contribution in [3.05, 3.63) is 0 Å². The number of carbonyl (C=O) groups is 2. The third-order valence-corrected chi connectivity index (χ3v) is 3.54. The molecule has 1 heterocycles. The summed E-state index contributed by atoms with van der Waals surface area (Å²) in [6.07, 6.45) is -1.42. The van der Waals surface area contributed by atoms with Gasteiger partial charge in [-0.3, -0.25) is 9.59 Å². The smallest absolute Gasteiger partial charge is 0.345 e. The van der Waals surface area contributed by atoms with E-state index in [-0.39, 0.29) is 12.5 Å². The van der Waals surface area contributed by atoms with E-state index in [0.29, 0.717) is 12.8 Å². The van der Waals surface area contributed by atoms with Crippen molar-refractivity contribution in [2.75, 3.05) is 26.7 Å². The van der Waals surface area contributed by atoms with E-state index >= 15 is 0 Å². The van der Waals surface area contributed by atoms with Gasteiger partial charge in [0.15, 0.2) is 0 Å². The van der Waals surface area contributed by atoms with Gasteiger partial charge >= 0.3 is 6.18 Å². The number of hydrogen-bond acceptors (Lipinski definition) is 3. The second-order valence-electron chi connectivity index (χ2n) is 5.42. The summed E-state index contributed by atoms with van der Waals surface area (Å²) in [5.74, 6) is -1.04. The molecule has 0 aromatic carbocycles. The van der Waals surface area contributed by atoms with Crippen LogP contribution in [0.4, 0.5) is 13.2 Å². The number of halogens is 3. The summed E-state index contributed by atoms with van der Waals surface area (Å²) in [5.41, 5.74) is -0.673. The molecule has 0 saturated carbocycles. The second kappa shape index (κ2) is 7.11. The molecule has 1 fully saturated rings. The van der Waals surface area contributed by atoms with Gasteiger partial charge in [0.2, 0.25) is 11.8 Å². The van der Waals surface area contributed by atoms with Gasteiger partial charge in [0.05, 0.1) is 12.1 Å². The SMILES string of the molecule is CCCC1(C(=O)N(C)CC(=O)NCC(F)(F)F)CCCN1. The van der Waals surface area contributed by atoms with Gasteiger partial charge in [-0.05, 0) is 25.8 Å². The van der Waals surface area contributed by atoms with Gasteiger partial charge in [-0.15, -0.1) is 0 Å². The Morgan fingerprint density at radius 1 is 1.38 bits per heavy atom. The van der Waals surface area contributed by atoms with Crippen LogP contribution in [0.15, 0.2) is 0 Å². The molecule has 0 bridgehead atoms. The highest BCUT2D eigenvalue weighted by molar-refractivity contribution is 5.90. The molecule has 2 N–H and O–H groups in total. The monoisotopic (exact) mass is 309 g/mol. The maximum absolute atomic E-state index is 12.5. The number of rotatable bonds is 6. The quantitative estimate of drug-likeness (QED) is 0.771. The van der Waals surface area contributed by atoms with Crippen molar-refractivity contribution in [2.24, 2.45) is 0 Å². The number of likely N-dealkylation sites (N-methyl/N-ethyl adjacent to an activating group) is 1. The highest BCUT2D eigenvalue weighted by Crippen LogP contribution is 2.26. The molecule has 5 nitrogen and oxygen atoms in total. The third-order valence-electron chi connectivity index (χ3n) is 3.54. The van der Waals surface area contributed by atoms with Crippen LogP contribution < -0.4 is 10.6 Å². The minimum atomic E-state index is -4.45. The van der Waals surface area contributed by atoms with E-state index in [1.54, 1.807) is 5.32 Å². The Labute approximate surface area is 122 Å². The molecule has 1 rings (SSSR count). The molecule has 1 aliphatic rings.